The van der Waals surface area contributed by atoms with Gasteiger partial charge in [-0.25, -0.2) is 4.98 Å². The van der Waals surface area contributed by atoms with Crippen LogP contribution in [0.25, 0.3) is 22.4 Å². The van der Waals surface area contributed by atoms with Gasteiger partial charge in [-0.2, -0.15) is 0 Å². The van der Waals surface area contributed by atoms with Crippen LogP contribution in [0.1, 0.15) is 39.1 Å². The molecular weight excluding hydrogens is 600 g/mol. The maximum atomic E-state index is 13.3. The number of carbonyl (C=O) groups excluding carboxylic acids is 2. The number of imidazole rings is 1. The zero-order valence-electron chi connectivity index (χ0n) is 24.8. The number of imide groups is 1. The number of halogens is 1. The zero-order chi connectivity index (χ0) is 31.7. The van der Waals surface area contributed by atoms with E-state index in [1.807, 2.05) is 6.92 Å². The van der Waals surface area contributed by atoms with Crippen LogP contribution in [0.3, 0.4) is 0 Å². The minimum atomic E-state index is -0.901. The van der Waals surface area contributed by atoms with Gasteiger partial charge in [0, 0.05) is 36.4 Å². The molecule has 2 amide bonds. The van der Waals surface area contributed by atoms with Gasteiger partial charge in [0.05, 0.1) is 34.5 Å². The Morgan fingerprint density at radius 3 is 2.64 bits per heavy atom. The van der Waals surface area contributed by atoms with Gasteiger partial charge in [0.15, 0.2) is 0 Å². The summed E-state index contributed by atoms with van der Waals surface area (Å²) in [5.74, 6) is 0.355. The minimum absolute atomic E-state index is 0.00484. The first-order valence-corrected chi connectivity index (χ1v) is 15.4. The summed E-state index contributed by atoms with van der Waals surface area (Å²) in [4.78, 5) is 53.5. The molecule has 4 aromatic rings. The van der Waals surface area contributed by atoms with E-state index in [9.17, 15) is 24.6 Å². The number of carbonyl (C=O) groups is 2. The maximum Gasteiger partial charge on any atom is 0.261 e. The summed E-state index contributed by atoms with van der Waals surface area (Å²) in [6, 6.07) is 10.2. The molecule has 236 valence electrons. The number of aliphatic hydroxyl groups excluding tert-OH is 2. The summed E-state index contributed by atoms with van der Waals surface area (Å²) >= 11 is 6.15. The molecule has 0 unspecified atom stereocenters. The highest BCUT2D eigenvalue weighted by molar-refractivity contribution is 6.31. The molecule has 4 heterocycles. The molecule has 0 saturated carbocycles. The molecule has 1 saturated heterocycles. The van der Waals surface area contributed by atoms with E-state index in [0.29, 0.717) is 51.7 Å². The highest BCUT2D eigenvalue weighted by Crippen LogP contribution is 2.32. The number of hydrogen-bond acceptors (Lipinski definition) is 9. The average molecular weight is 635 g/mol. The third-order valence-corrected chi connectivity index (χ3v) is 8.92. The van der Waals surface area contributed by atoms with Crippen molar-refractivity contribution in [3.05, 3.63) is 74.7 Å². The van der Waals surface area contributed by atoms with Crippen molar-refractivity contribution < 1.29 is 24.5 Å². The lowest BCUT2D eigenvalue weighted by Gasteiger charge is -2.32. The molecule has 1 atom stereocenters. The Balaban J connectivity index is 1.16. The molecule has 0 radical (unpaired) electrons. The summed E-state index contributed by atoms with van der Waals surface area (Å²) in [5, 5.41) is 23.4. The number of pyridine rings is 1. The zero-order valence-corrected chi connectivity index (χ0v) is 25.6. The van der Waals surface area contributed by atoms with E-state index in [2.05, 4.69) is 25.2 Å². The topological polar surface area (TPSA) is 164 Å². The normalized spacial score (nSPS) is 16.4. The third-order valence-electron chi connectivity index (χ3n) is 8.51. The molecule has 45 heavy (non-hydrogen) atoms. The van der Waals surface area contributed by atoms with Gasteiger partial charge in [-0.1, -0.05) is 17.7 Å². The van der Waals surface area contributed by atoms with Gasteiger partial charge in [-0.05, 0) is 69.1 Å². The summed E-state index contributed by atoms with van der Waals surface area (Å²) in [7, 11) is 0. The molecule has 2 aliphatic rings. The number of anilines is 1. The molecule has 13 heteroatoms. The number of fused-ring (bicyclic) bond motifs is 2. The monoisotopic (exact) mass is 634 g/mol. The van der Waals surface area contributed by atoms with E-state index < -0.39 is 11.7 Å². The lowest BCUT2D eigenvalue weighted by Crippen LogP contribution is -2.41. The number of ether oxygens (including phenoxy) is 1. The van der Waals surface area contributed by atoms with Gasteiger partial charge in [0.2, 0.25) is 0 Å². The molecule has 0 bridgehead atoms. The van der Waals surface area contributed by atoms with Crippen LogP contribution in [0, 0.1) is 12.8 Å². The van der Waals surface area contributed by atoms with Crippen LogP contribution in [0.4, 0.5) is 5.69 Å². The van der Waals surface area contributed by atoms with Crippen LogP contribution in [-0.2, 0) is 0 Å². The van der Waals surface area contributed by atoms with Crippen molar-refractivity contribution in [1.82, 2.24) is 24.8 Å². The number of piperidine rings is 1. The Hall–Kier alpha value is -4.23. The van der Waals surface area contributed by atoms with Crippen molar-refractivity contribution in [2.45, 2.75) is 25.9 Å². The molecule has 2 aromatic carbocycles. The number of aromatic nitrogens is 3. The predicted molar refractivity (Wildman–Crippen MR) is 170 cm³/mol. The SMILES string of the molecule is Cc1c(Cl)cccc1OC[C@H](O)CNc1cc[nH]c(=O)c1-c1nc2cc3c(cc2[nH]1)C(=O)N(CC1CCN(CCO)CC1)C3=O. The van der Waals surface area contributed by atoms with E-state index >= 15 is 0 Å². The quantitative estimate of drug-likeness (QED) is 0.156. The molecule has 5 N–H and O–H groups in total. The standard InChI is InChI=1S/C32H35ClN6O6/c1-18-23(33)3-2-4-27(18)45-17-20(41)15-35-24-5-8-34-30(42)28(24)29-36-25-13-21-22(14-26(25)37-29)32(44)39(31(21)43)16-19-6-9-38(10-7-19)11-12-40/h2-5,8,13-14,19-20,40-41H,6-7,9-12,15-17H2,1H3,(H,36,37)(H2,34,35,42)/t20-/m1/s1. The number of nitrogens with zero attached hydrogens (tertiary/aromatic N) is 3. The van der Waals surface area contributed by atoms with Crippen LogP contribution >= 0.6 is 11.6 Å². The number of benzene rings is 2. The maximum absolute atomic E-state index is 13.3. The molecule has 2 aromatic heterocycles. The number of rotatable bonds is 11. The Morgan fingerprint density at radius 2 is 1.89 bits per heavy atom. The highest BCUT2D eigenvalue weighted by Gasteiger charge is 2.38. The van der Waals surface area contributed by atoms with Crippen molar-refractivity contribution in [3.8, 4) is 17.1 Å². The van der Waals surface area contributed by atoms with E-state index in [1.165, 1.54) is 11.1 Å². The molecular formula is C32H35ClN6O6. The minimum Gasteiger partial charge on any atom is -0.490 e. The first kappa shape index (κ1) is 30.8. The fraction of sp³-hybridized carbons (Fsp3) is 0.375. The summed E-state index contributed by atoms with van der Waals surface area (Å²) in [6.07, 6.45) is 2.30. The van der Waals surface area contributed by atoms with Gasteiger partial charge in [0.1, 0.15) is 29.8 Å². The lowest BCUT2D eigenvalue weighted by atomic mass is 9.96. The fourth-order valence-electron chi connectivity index (χ4n) is 5.95. The largest absolute Gasteiger partial charge is 0.490 e. The van der Waals surface area contributed by atoms with Gasteiger partial charge < -0.3 is 35.1 Å². The van der Waals surface area contributed by atoms with Crippen LogP contribution in [0.5, 0.6) is 5.75 Å². The number of H-pyrrole nitrogens is 2. The molecule has 6 rings (SSSR count). The van der Waals surface area contributed by atoms with Gasteiger partial charge >= 0.3 is 0 Å². The number of nitrogens with one attached hydrogen (secondary N) is 3. The van der Waals surface area contributed by atoms with Crippen LogP contribution in [0.2, 0.25) is 5.02 Å². The van der Waals surface area contributed by atoms with E-state index in [4.69, 9.17) is 16.3 Å². The predicted octanol–water partition coefficient (Wildman–Crippen LogP) is 3.03. The molecule has 12 nitrogen and oxygen atoms in total. The first-order chi connectivity index (χ1) is 21.7. The van der Waals surface area contributed by atoms with E-state index in [1.54, 1.807) is 36.4 Å². The number of likely N-dealkylation sites (tertiary alicyclic amines) is 1. The van der Waals surface area contributed by atoms with Crippen LogP contribution < -0.4 is 15.6 Å². The molecule has 0 spiro atoms. The lowest BCUT2D eigenvalue weighted by molar-refractivity contribution is 0.0593. The molecule has 2 aliphatic heterocycles. The molecule has 0 aliphatic carbocycles. The van der Waals surface area contributed by atoms with Crippen LogP contribution in [-0.4, -0.2) is 98.8 Å². The van der Waals surface area contributed by atoms with Crippen molar-refractivity contribution in [1.29, 1.82) is 0 Å². The average Bonchev–Trinajstić information content (AvgIpc) is 3.54. The molecule has 1 fully saturated rings. The van der Waals surface area contributed by atoms with Gasteiger partial charge in [0.25, 0.3) is 17.4 Å². The van der Waals surface area contributed by atoms with Crippen LogP contribution in [0.15, 0.2) is 47.4 Å². The number of β-amino-alcohol motifs (C(OH)–C–C–N with tert-alkyl or cyclic N) is 1. The highest BCUT2D eigenvalue weighted by atomic mass is 35.5. The first-order valence-electron chi connectivity index (χ1n) is 15.0. The van der Waals surface area contributed by atoms with Crippen molar-refractivity contribution in [2.24, 2.45) is 5.92 Å². The van der Waals surface area contributed by atoms with Gasteiger partial charge in [-0.15, -0.1) is 0 Å². The Labute approximate surface area is 264 Å². The number of aliphatic hydroxyl groups is 2. The van der Waals surface area contributed by atoms with E-state index in [0.717, 1.165) is 31.5 Å². The number of hydrogen-bond donors (Lipinski definition) is 5. The number of amides is 2. The number of aromatic amines is 2. The second-order valence-electron chi connectivity index (χ2n) is 11.5. The Bertz CT molecular complexity index is 1740. The summed E-state index contributed by atoms with van der Waals surface area (Å²) in [6.45, 7) is 4.69. The summed E-state index contributed by atoms with van der Waals surface area (Å²) in [5.41, 5.74) is 2.59. The fourth-order valence-corrected chi connectivity index (χ4v) is 6.11. The summed E-state index contributed by atoms with van der Waals surface area (Å²) < 4.78 is 5.74. The van der Waals surface area contributed by atoms with Crippen molar-refractivity contribution >= 4 is 40.1 Å². The third kappa shape index (κ3) is 6.32. The van der Waals surface area contributed by atoms with Gasteiger partial charge in [-0.3, -0.25) is 19.3 Å². The van der Waals surface area contributed by atoms with E-state index in [-0.39, 0.29) is 48.9 Å². The smallest absolute Gasteiger partial charge is 0.261 e. The van der Waals surface area contributed by atoms with Crippen molar-refractivity contribution in [2.75, 3.05) is 51.3 Å². The Kier molecular flexibility index (Phi) is 8.90. The second-order valence-corrected chi connectivity index (χ2v) is 11.9. The van der Waals surface area contributed by atoms with Crippen molar-refractivity contribution in [3.63, 3.8) is 0 Å². The Morgan fingerprint density at radius 1 is 1.13 bits per heavy atom. The second kappa shape index (κ2) is 13.0.